The highest BCUT2D eigenvalue weighted by molar-refractivity contribution is 7.91. The molecule has 0 aliphatic carbocycles. The predicted molar refractivity (Wildman–Crippen MR) is 72.0 cm³/mol. The Kier molecular flexibility index (Phi) is 3.62. The molecule has 20 heavy (non-hydrogen) atoms. The number of nitrogens with one attached hydrogen (secondary N) is 1. The van der Waals surface area contributed by atoms with Crippen molar-refractivity contribution in [3.8, 4) is 0 Å². The Balaban J connectivity index is 2.10. The second-order valence-corrected chi connectivity index (χ2v) is 6.83. The Labute approximate surface area is 115 Å². The number of hydrogen-bond donors (Lipinski definition) is 2. The average molecular weight is 299 g/mol. The number of benzene rings is 1. The molecule has 1 heterocycles. The summed E-state index contributed by atoms with van der Waals surface area (Å²) in [6.45, 7) is 0. The number of nitrogens with zero attached hydrogens (tertiary/aromatic N) is 1. The molecule has 0 bridgehead atoms. The van der Waals surface area contributed by atoms with Crippen LogP contribution >= 0.6 is 0 Å². The quantitative estimate of drug-likeness (QED) is 0.462. The third-order valence-corrected chi connectivity index (χ3v) is 4.82. The molecule has 1 atom stereocenters. The van der Waals surface area contributed by atoms with Gasteiger partial charge in [-0.25, -0.2) is 8.42 Å². The molecule has 1 aliphatic heterocycles. The molecule has 3 N–H and O–H groups in total. The maximum absolute atomic E-state index is 11.9. The van der Waals surface area contributed by atoms with E-state index >= 15 is 0 Å². The van der Waals surface area contributed by atoms with Crippen LogP contribution in [0.25, 0.3) is 0 Å². The van der Waals surface area contributed by atoms with Gasteiger partial charge in [0.1, 0.15) is 5.69 Å². The number of nitrogens with two attached hydrogens (primary N) is 1. The van der Waals surface area contributed by atoms with E-state index in [9.17, 15) is 23.3 Å². The van der Waals surface area contributed by atoms with Gasteiger partial charge in [-0.1, -0.05) is 0 Å². The van der Waals surface area contributed by atoms with Gasteiger partial charge in [0.2, 0.25) is 0 Å². The molecule has 9 heteroatoms. The fourth-order valence-electron chi connectivity index (χ4n) is 2.04. The molecule has 0 aromatic heterocycles. The summed E-state index contributed by atoms with van der Waals surface area (Å²) in [5.41, 5.74) is 5.28. The first-order chi connectivity index (χ1) is 9.28. The van der Waals surface area contributed by atoms with Crippen molar-refractivity contribution in [3.05, 3.63) is 33.9 Å². The lowest BCUT2D eigenvalue weighted by atomic mass is 10.1. The Hall–Kier alpha value is -2.16. The molecule has 108 valence electrons. The lowest BCUT2D eigenvalue weighted by Crippen LogP contribution is -2.35. The Morgan fingerprint density at radius 2 is 2.15 bits per heavy atom. The molecule has 0 spiro atoms. The van der Waals surface area contributed by atoms with Crippen LogP contribution < -0.4 is 11.1 Å². The molecular weight excluding hydrogens is 286 g/mol. The summed E-state index contributed by atoms with van der Waals surface area (Å²) in [6.07, 6.45) is 0.372. The third-order valence-electron chi connectivity index (χ3n) is 3.05. The van der Waals surface area contributed by atoms with E-state index in [0.717, 1.165) is 6.07 Å². The van der Waals surface area contributed by atoms with E-state index in [0.29, 0.717) is 6.42 Å². The van der Waals surface area contributed by atoms with E-state index in [1.807, 2.05) is 0 Å². The van der Waals surface area contributed by atoms with Gasteiger partial charge in [0.15, 0.2) is 9.84 Å². The summed E-state index contributed by atoms with van der Waals surface area (Å²) in [7, 11) is -3.08. The van der Waals surface area contributed by atoms with Crippen molar-refractivity contribution >= 4 is 27.1 Å². The average Bonchev–Trinajstić information content (AvgIpc) is 2.68. The Bertz CT molecular complexity index is 671. The topological polar surface area (TPSA) is 132 Å². The molecule has 1 aromatic rings. The van der Waals surface area contributed by atoms with Crippen LogP contribution in [0, 0.1) is 10.1 Å². The second kappa shape index (κ2) is 5.08. The summed E-state index contributed by atoms with van der Waals surface area (Å²) < 4.78 is 22.6. The fraction of sp³-hybridized carbons (Fsp3) is 0.364. The molecule has 1 aromatic carbocycles. The second-order valence-electron chi connectivity index (χ2n) is 4.60. The van der Waals surface area contributed by atoms with Crippen LogP contribution in [-0.2, 0) is 9.84 Å². The van der Waals surface area contributed by atoms with Crippen molar-refractivity contribution in [2.75, 3.05) is 17.2 Å². The summed E-state index contributed by atoms with van der Waals surface area (Å²) in [6, 6.07) is 3.21. The summed E-state index contributed by atoms with van der Waals surface area (Å²) >= 11 is 0. The van der Waals surface area contributed by atoms with Gasteiger partial charge < -0.3 is 11.1 Å². The number of nitrogen functional groups attached to an aromatic ring is 1. The number of nitro groups is 1. The maximum atomic E-state index is 11.9. The normalized spacial score (nSPS) is 20.5. The van der Waals surface area contributed by atoms with Gasteiger partial charge in [0, 0.05) is 17.7 Å². The largest absolute Gasteiger partial charge is 0.393 e. The molecule has 0 saturated carbocycles. The summed E-state index contributed by atoms with van der Waals surface area (Å²) in [4.78, 5) is 21.9. The van der Waals surface area contributed by atoms with Crippen molar-refractivity contribution < 1.29 is 18.1 Å². The van der Waals surface area contributed by atoms with Crippen LogP contribution in [0.2, 0.25) is 0 Å². The van der Waals surface area contributed by atoms with Crippen LogP contribution in [-0.4, -0.2) is 36.8 Å². The first kappa shape index (κ1) is 14.3. The van der Waals surface area contributed by atoms with Crippen LogP contribution in [0.15, 0.2) is 18.2 Å². The minimum absolute atomic E-state index is 0.0559. The number of rotatable bonds is 3. The SMILES string of the molecule is Nc1cc(C(=O)NC2CCS(=O)(=O)C2)ccc1[N+](=O)[O-]. The molecule has 1 saturated heterocycles. The molecule has 0 radical (unpaired) electrons. The first-order valence-electron chi connectivity index (χ1n) is 5.84. The van der Waals surface area contributed by atoms with Crippen LogP contribution in [0.5, 0.6) is 0 Å². The molecular formula is C11H13N3O5S. The highest BCUT2D eigenvalue weighted by atomic mass is 32.2. The van der Waals surface area contributed by atoms with Gasteiger partial charge in [-0.05, 0) is 18.6 Å². The van der Waals surface area contributed by atoms with Crippen molar-refractivity contribution in [3.63, 3.8) is 0 Å². The van der Waals surface area contributed by atoms with Gasteiger partial charge in [-0.15, -0.1) is 0 Å². The van der Waals surface area contributed by atoms with Gasteiger partial charge in [-0.2, -0.15) is 0 Å². The monoisotopic (exact) mass is 299 g/mol. The number of hydrogen-bond acceptors (Lipinski definition) is 6. The van der Waals surface area contributed by atoms with Gasteiger partial charge in [0.25, 0.3) is 11.6 Å². The van der Waals surface area contributed by atoms with Crippen molar-refractivity contribution in [1.82, 2.24) is 5.32 Å². The number of amides is 1. The Morgan fingerprint density at radius 1 is 1.45 bits per heavy atom. The zero-order valence-corrected chi connectivity index (χ0v) is 11.2. The molecule has 1 aliphatic rings. The number of carbonyl (C=O) groups is 1. The predicted octanol–water partition coefficient (Wildman–Crippen LogP) is 0.0939. The Morgan fingerprint density at radius 3 is 2.65 bits per heavy atom. The van der Waals surface area contributed by atoms with E-state index in [-0.39, 0.29) is 28.4 Å². The summed E-state index contributed by atoms with van der Waals surface area (Å²) in [5, 5.41) is 13.2. The molecule has 1 fully saturated rings. The highest BCUT2D eigenvalue weighted by Crippen LogP contribution is 2.22. The van der Waals surface area contributed by atoms with Crippen LogP contribution in [0.4, 0.5) is 11.4 Å². The lowest BCUT2D eigenvalue weighted by molar-refractivity contribution is -0.383. The van der Waals surface area contributed by atoms with E-state index in [1.165, 1.54) is 12.1 Å². The zero-order valence-electron chi connectivity index (χ0n) is 10.4. The number of nitro benzene ring substituents is 1. The minimum Gasteiger partial charge on any atom is -0.393 e. The standard InChI is InChI=1S/C11H13N3O5S/c12-9-5-7(1-2-10(9)14(16)17)11(15)13-8-3-4-20(18,19)6-8/h1-2,5,8H,3-4,6,12H2,(H,13,15). The van der Waals surface area contributed by atoms with Gasteiger partial charge in [0.05, 0.1) is 16.4 Å². The van der Waals surface area contributed by atoms with E-state index in [4.69, 9.17) is 5.73 Å². The lowest BCUT2D eigenvalue weighted by Gasteiger charge is -2.11. The number of carbonyl (C=O) groups excluding carboxylic acids is 1. The smallest absolute Gasteiger partial charge is 0.292 e. The molecule has 2 rings (SSSR count). The van der Waals surface area contributed by atoms with Crippen LogP contribution in [0.1, 0.15) is 16.8 Å². The van der Waals surface area contributed by atoms with E-state index in [1.54, 1.807) is 0 Å². The molecule has 8 nitrogen and oxygen atoms in total. The van der Waals surface area contributed by atoms with E-state index < -0.39 is 26.7 Å². The van der Waals surface area contributed by atoms with Crippen molar-refractivity contribution in [2.45, 2.75) is 12.5 Å². The van der Waals surface area contributed by atoms with Gasteiger partial charge >= 0.3 is 0 Å². The number of sulfone groups is 1. The number of anilines is 1. The molecule has 1 unspecified atom stereocenters. The van der Waals surface area contributed by atoms with E-state index in [2.05, 4.69) is 5.32 Å². The van der Waals surface area contributed by atoms with Gasteiger partial charge in [-0.3, -0.25) is 14.9 Å². The molecule has 1 amide bonds. The van der Waals surface area contributed by atoms with Crippen molar-refractivity contribution in [2.24, 2.45) is 0 Å². The fourth-order valence-corrected chi connectivity index (χ4v) is 3.71. The highest BCUT2D eigenvalue weighted by Gasteiger charge is 2.29. The minimum atomic E-state index is -3.08. The van der Waals surface area contributed by atoms with Crippen molar-refractivity contribution in [1.29, 1.82) is 0 Å². The summed E-state index contributed by atoms with van der Waals surface area (Å²) in [5.74, 6) is -0.518. The maximum Gasteiger partial charge on any atom is 0.292 e. The third kappa shape index (κ3) is 3.05. The van der Waals surface area contributed by atoms with Crippen LogP contribution in [0.3, 0.4) is 0 Å². The zero-order chi connectivity index (χ0) is 14.9. The first-order valence-corrected chi connectivity index (χ1v) is 7.66.